The molecule has 0 radical (unpaired) electrons. The Labute approximate surface area is 173 Å². The van der Waals surface area contributed by atoms with Crippen molar-refractivity contribution in [1.82, 2.24) is 14.5 Å². The van der Waals surface area contributed by atoms with Crippen molar-refractivity contribution in [3.8, 4) is 5.75 Å². The normalized spacial score (nSPS) is 14.2. The van der Waals surface area contributed by atoms with Crippen molar-refractivity contribution < 1.29 is 14.1 Å². The standard InChI is InChI=1S/C21H24N6O3/c1-12-20(29)27(14-6-4-5-7-14)19-16(26(12)2)11-23-21(25-19)24-15-9-8-13(18(22)28)10-17(15)30-3/h8-11,14H,4-7H2,1-3H3,(H2-,22,23,24,25,28,29)/p+1. The summed E-state index contributed by atoms with van der Waals surface area (Å²) in [4.78, 5) is 33.6. The maximum Gasteiger partial charge on any atom is 0.319 e. The fourth-order valence-corrected chi connectivity index (χ4v) is 4.00. The maximum absolute atomic E-state index is 13.1. The van der Waals surface area contributed by atoms with Gasteiger partial charge in [0, 0.05) is 18.5 Å². The molecule has 3 aromatic rings. The Morgan fingerprint density at radius 1 is 1.33 bits per heavy atom. The number of anilines is 2. The summed E-state index contributed by atoms with van der Waals surface area (Å²) in [5, 5.41) is 3.13. The first kappa shape index (κ1) is 19.8. The van der Waals surface area contributed by atoms with Gasteiger partial charge in [-0.25, -0.2) is 4.98 Å². The van der Waals surface area contributed by atoms with E-state index in [2.05, 4.69) is 15.3 Å². The predicted octanol–water partition coefficient (Wildman–Crippen LogP) is 1.89. The van der Waals surface area contributed by atoms with E-state index in [-0.39, 0.29) is 11.6 Å². The first-order chi connectivity index (χ1) is 14.4. The molecule has 2 aromatic heterocycles. The van der Waals surface area contributed by atoms with Gasteiger partial charge in [-0.3, -0.25) is 14.2 Å². The molecule has 1 aliphatic rings. The number of aromatic nitrogens is 4. The van der Waals surface area contributed by atoms with Crippen molar-refractivity contribution in [3.63, 3.8) is 0 Å². The smallest absolute Gasteiger partial charge is 0.319 e. The number of nitrogens with one attached hydrogen (secondary N) is 1. The molecule has 0 bridgehead atoms. The van der Waals surface area contributed by atoms with Gasteiger partial charge in [0.25, 0.3) is 5.52 Å². The average molecular weight is 409 g/mol. The Kier molecular flexibility index (Phi) is 5.11. The van der Waals surface area contributed by atoms with Crippen molar-refractivity contribution in [1.29, 1.82) is 0 Å². The van der Waals surface area contributed by atoms with Gasteiger partial charge in [-0.05, 0) is 31.0 Å². The van der Waals surface area contributed by atoms with Crippen LogP contribution in [0.25, 0.3) is 11.2 Å². The Morgan fingerprint density at radius 2 is 2.07 bits per heavy atom. The molecule has 30 heavy (non-hydrogen) atoms. The minimum Gasteiger partial charge on any atom is -0.495 e. The van der Waals surface area contributed by atoms with E-state index in [4.69, 9.17) is 10.5 Å². The molecule has 1 aliphatic carbocycles. The van der Waals surface area contributed by atoms with Gasteiger partial charge >= 0.3 is 5.56 Å². The molecule has 0 saturated heterocycles. The van der Waals surface area contributed by atoms with Gasteiger partial charge in [0.1, 0.15) is 19.0 Å². The van der Waals surface area contributed by atoms with Crippen LogP contribution in [0.3, 0.4) is 0 Å². The minimum atomic E-state index is -0.537. The highest BCUT2D eigenvalue weighted by molar-refractivity contribution is 5.94. The number of benzene rings is 1. The number of amides is 1. The molecule has 4 rings (SSSR count). The molecule has 1 saturated carbocycles. The number of fused-ring (bicyclic) bond motifs is 1. The van der Waals surface area contributed by atoms with Gasteiger partial charge in [-0.15, -0.1) is 0 Å². The molecule has 1 fully saturated rings. The van der Waals surface area contributed by atoms with Gasteiger partial charge in [0.05, 0.1) is 12.8 Å². The molecule has 0 aliphatic heterocycles. The van der Waals surface area contributed by atoms with E-state index in [1.54, 1.807) is 24.4 Å². The molecule has 1 amide bonds. The number of carbonyl (C=O) groups is 1. The lowest BCUT2D eigenvalue weighted by atomic mass is 10.2. The van der Waals surface area contributed by atoms with E-state index >= 15 is 0 Å². The van der Waals surface area contributed by atoms with Gasteiger partial charge in [0.15, 0.2) is 0 Å². The average Bonchev–Trinajstić information content (AvgIpc) is 3.26. The van der Waals surface area contributed by atoms with Crippen LogP contribution in [0.2, 0.25) is 0 Å². The van der Waals surface area contributed by atoms with Gasteiger partial charge in [0.2, 0.25) is 23.2 Å². The largest absolute Gasteiger partial charge is 0.495 e. The first-order valence-electron chi connectivity index (χ1n) is 9.93. The number of aryl methyl sites for hydroxylation is 1. The molecule has 0 atom stereocenters. The number of ether oxygens (including phenoxy) is 1. The summed E-state index contributed by atoms with van der Waals surface area (Å²) in [6.07, 6.45) is 5.87. The molecule has 156 valence electrons. The number of hydrogen-bond donors (Lipinski definition) is 2. The van der Waals surface area contributed by atoms with Crippen LogP contribution in [0.1, 0.15) is 47.8 Å². The first-order valence-corrected chi connectivity index (χ1v) is 9.93. The number of methoxy groups -OCH3 is 1. The third-order valence-corrected chi connectivity index (χ3v) is 5.79. The summed E-state index contributed by atoms with van der Waals surface area (Å²) in [5.41, 5.74) is 8.30. The summed E-state index contributed by atoms with van der Waals surface area (Å²) < 4.78 is 9.02. The second-order valence-electron chi connectivity index (χ2n) is 7.56. The lowest BCUT2D eigenvalue weighted by molar-refractivity contribution is -0.652. The van der Waals surface area contributed by atoms with Crippen molar-refractivity contribution in [2.75, 3.05) is 12.4 Å². The summed E-state index contributed by atoms with van der Waals surface area (Å²) in [6.45, 7) is 1.82. The van der Waals surface area contributed by atoms with Crippen molar-refractivity contribution in [2.45, 2.75) is 38.6 Å². The third kappa shape index (κ3) is 3.36. The van der Waals surface area contributed by atoms with Gasteiger partial charge in [-0.2, -0.15) is 9.55 Å². The van der Waals surface area contributed by atoms with E-state index in [0.717, 1.165) is 31.2 Å². The topological polar surface area (TPSA) is 116 Å². The molecular weight excluding hydrogens is 384 g/mol. The van der Waals surface area contributed by atoms with Gasteiger partial charge in [-0.1, -0.05) is 12.8 Å². The number of hydrogen-bond acceptors (Lipinski definition) is 6. The zero-order valence-corrected chi connectivity index (χ0v) is 17.3. The lowest BCUT2D eigenvalue weighted by Gasteiger charge is -2.16. The molecule has 9 nitrogen and oxygen atoms in total. The summed E-state index contributed by atoms with van der Waals surface area (Å²) in [5.74, 6) is 0.241. The zero-order valence-electron chi connectivity index (χ0n) is 17.3. The molecule has 1 aromatic carbocycles. The van der Waals surface area contributed by atoms with Crippen molar-refractivity contribution in [2.24, 2.45) is 12.8 Å². The van der Waals surface area contributed by atoms with Crippen LogP contribution in [-0.4, -0.2) is 27.6 Å². The number of primary amides is 1. The van der Waals surface area contributed by atoms with E-state index in [1.807, 2.05) is 23.1 Å². The highest BCUT2D eigenvalue weighted by atomic mass is 16.5. The van der Waals surface area contributed by atoms with Crippen molar-refractivity contribution in [3.05, 3.63) is 46.0 Å². The Hall–Kier alpha value is -3.49. The number of nitrogens with zero attached hydrogens (tertiary/aromatic N) is 4. The SMILES string of the molecule is COc1cc(C(N)=O)ccc1Nc1ncc2c(n1)n(C1CCCC1)c(=O)c(C)[n+]2C. The van der Waals surface area contributed by atoms with E-state index in [9.17, 15) is 9.59 Å². The Balaban J connectivity index is 1.82. The van der Waals surface area contributed by atoms with Crippen LogP contribution in [0.15, 0.2) is 29.2 Å². The third-order valence-electron chi connectivity index (χ3n) is 5.79. The molecule has 0 unspecified atom stereocenters. The van der Waals surface area contributed by atoms with Crippen LogP contribution in [0.4, 0.5) is 11.6 Å². The highest BCUT2D eigenvalue weighted by Crippen LogP contribution is 2.31. The highest BCUT2D eigenvalue weighted by Gasteiger charge is 2.27. The molecule has 3 N–H and O–H groups in total. The van der Waals surface area contributed by atoms with Crippen LogP contribution in [0.5, 0.6) is 5.75 Å². The fraction of sp³-hybridized carbons (Fsp3) is 0.381. The van der Waals surface area contributed by atoms with Gasteiger partial charge < -0.3 is 15.8 Å². The van der Waals surface area contributed by atoms with Crippen LogP contribution < -0.4 is 25.9 Å². The van der Waals surface area contributed by atoms with E-state index in [1.165, 1.54) is 7.11 Å². The second-order valence-corrected chi connectivity index (χ2v) is 7.56. The summed E-state index contributed by atoms with van der Waals surface area (Å²) in [7, 11) is 3.35. The minimum absolute atomic E-state index is 0.0232. The van der Waals surface area contributed by atoms with E-state index in [0.29, 0.717) is 34.3 Å². The molecular formula is C21H25N6O3+. The monoisotopic (exact) mass is 409 g/mol. The number of rotatable bonds is 5. The fourth-order valence-electron chi connectivity index (χ4n) is 4.00. The quantitative estimate of drug-likeness (QED) is 0.622. The summed E-state index contributed by atoms with van der Waals surface area (Å²) in [6, 6.07) is 4.99. The molecule has 0 spiro atoms. The Bertz CT molecular complexity index is 1200. The number of carbonyl (C=O) groups excluding carboxylic acids is 1. The van der Waals surface area contributed by atoms with Crippen LogP contribution in [0, 0.1) is 6.92 Å². The zero-order chi connectivity index (χ0) is 21.4. The second kappa shape index (κ2) is 7.74. The van der Waals surface area contributed by atoms with E-state index < -0.39 is 5.91 Å². The Morgan fingerprint density at radius 3 is 2.73 bits per heavy atom. The predicted molar refractivity (Wildman–Crippen MR) is 112 cm³/mol. The molecule has 9 heteroatoms. The number of nitrogens with two attached hydrogens (primary N) is 1. The maximum atomic E-state index is 13.1. The summed E-state index contributed by atoms with van der Waals surface area (Å²) >= 11 is 0. The van der Waals surface area contributed by atoms with Crippen LogP contribution in [-0.2, 0) is 7.05 Å². The lowest BCUT2D eigenvalue weighted by Crippen LogP contribution is -2.44. The molecule has 2 heterocycles. The van der Waals surface area contributed by atoms with Crippen molar-refractivity contribution >= 4 is 28.7 Å². The van der Waals surface area contributed by atoms with Crippen LogP contribution >= 0.6 is 0 Å².